The van der Waals surface area contributed by atoms with Crippen LogP contribution in [-0.2, 0) is 9.59 Å². The number of nitrogens with two attached hydrogens (primary N) is 1. The number of amides is 2. The molecule has 104 valence electrons. The summed E-state index contributed by atoms with van der Waals surface area (Å²) in [6, 6.07) is 4.53. The van der Waals surface area contributed by atoms with Gasteiger partial charge in [-0.1, -0.05) is 0 Å². The fraction of sp³-hybridized carbons (Fsp3) is 0.333. The lowest BCUT2D eigenvalue weighted by molar-refractivity contribution is -0.121. The zero-order valence-electron chi connectivity index (χ0n) is 10.7. The maximum atomic E-state index is 11.5. The van der Waals surface area contributed by atoms with Crippen molar-refractivity contribution in [1.82, 2.24) is 0 Å². The summed E-state index contributed by atoms with van der Waals surface area (Å²) in [5.41, 5.74) is 6.69. The maximum Gasteiger partial charge on any atom is 0.264 e. The van der Waals surface area contributed by atoms with Gasteiger partial charge in [-0.05, 0) is 25.1 Å². The first-order valence-electron chi connectivity index (χ1n) is 5.59. The molecule has 1 aromatic carbocycles. The molecule has 3 N–H and O–H groups in total. The van der Waals surface area contributed by atoms with Crippen molar-refractivity contribution in [3.8, 4) is 5.75 Å². The van der Waals surface area contributed by atoms with E-state index in [1.165, 1.54) is 4.90 Å². The highest BCUT2D eigenvalue weighted by atomic mass is 35.5. The Hall–Kier alpha value is -1.79. The standard InChI is InChI=1S/C12H15N3O3.ClH/c1-7(13)12(17)14-8-3-4-10-9(5-8)15(2)11(16)6-18-10;/h3-5,7H,6,13H2,1-2H3,(H,14,17);1H/t7-;/m0./s1. The molecule has 0 aromatic heterocycles. The van der Waals surface area contributed by atoms with Gasteiger partial charge in [0.15, 0.2) is 6.61 Å². The van der Waals surface area contributed by atoms with Gasteiger partial charge in [-0.3, -0.25) is 9.59 Å². The van der Waals surface area contributed by atoms with Gasteiger partial charge in [0.25, 0.3) is 5.91 Å². The Bertz CT molecular complexity index is 505. The summed E-state index contributed by atoms with van der Waals surface area (Å²) in [6.07, 6.45) is 0. The number of hydrogen-bond acceptors (Lipinski definition) is 4. The van der Waals surface area contributed by atoms with Crippen molar-refractivity contribution in [2.75, 3.05) is 23.9 Å². The van der Waals surface area contributed by atoms with Gasteiger partial charge in [-0.2, -0.15) is 0 Å². The predicted molar refractivity (Wildman–Crippen MR) is 74.9 cm³/mol. The molecule has 0 saturated heterocycles. The minimum atomic E-state index is -0.586. The molecule has 0 bridgehead atoms. The summed E-state index contributed by atoms with van der Waals surface area (Å²) < 4.78 is 5.28. The van der Waals surface area contributed by atoms with Crippen LogP contribution in [0.3, 0.4) is 0 Å². The van der Waals surface area contributed by atoms with Gasteiger partial charge >= 0.3 is 0 Å². The summed E-state index contributed by atoms with van der Waals surface area (Å²) in [5, 5.41) is 2.67. The highest BCUT2D eigenvalue weighted by Crippen LogP contribution is 2.33. The van der Waals surface area contributed by atoms with E-state index in [0.29, 0.717) is 17.1 Å². The van der Waals surface area contributed by atoms with Crippen molar-refractivity contribution < 1.29 is 14.3 Å². The van der Waals surface area contributed by atoms with Crippen LogP contribution in [0.5, 0.6) is 5.75 Å². The molecule has 6 nitrogen and oxygen atoms in total. The zero-order chi connectivity index (χ0) is 13.3. The molecule has 0 unspecified atom stereocenters. The van der Waals surface area contributed by atoms with E-state index >= 15 is 0 Å². The quantitative estimate of drug-likeness (QED) is 0.840. The van der Waals surface area contributed by atoms with Crippen LogP contribution in [0.2, 0.25) is 0 Å². The third-order valence-corrected chi connectivity index (χ3v) is 2.73. The molecule has 7 heteroatoms. The highest BCUT2D eigenvalue weighted by Gasteiger charge is 2.22. The lowest BCUT2D eigenvalue weighted by atomic mass is 10.2. The minimum absolute atomic E-state index is 0. The molecule has 1 atom stereocenters. The van der Waals surface area contributed by atoms with E-state index in [1.807, 2.05) is 0 Å². The fourth-order valence-electron chi connectivity index (χ4n) is 1.61. The summed E-state index contributed by atoms with van der Waals surface area (Å²) in [7, 11) is 1.67. The van der Waals surface area contributed by atoms with Crippen LogP contribution in [0.1, 0.15) is 6.92 Å². The largest absolute Gasteiger partial charge is 0.482 e. The first-order chi connectivity index (χ1) is 8.49. The number of anilines is 2. The van der Waals surface area contributed by atoms with Gasteiger partial charge in [-0.25, -0.2) is 0 Å². The Morgan fingerprint density at radius 2 is 2.21 bits per heavy atom. The van der Waals surface area contributed by atoms with Crippen molar-refractivity contribution >= 4 is 35.6 Å². The molecule has 19 heavy (non-hydrogen) atoms. The van der Waals surface area contributed by atoms with Crippen molar-refractivity contribution in [3.63, 3.8) is 0 Å². The topological polar surface area (TPSA) is 84.7 Å². The van der Waals surface area contributed by atoms with Gasteiger partial charge in [-0.15, -0.1) is 12.4 Å². The fourth-order valence-corrected chi connectivity index (χ4v) is 1.61. The van der Waals surface area contributed by atoms with E-state index in [0.717, 1.165) is 0 Å². The zero-order valence-corrected chi connectivity index (χ0v) is 11.5. The number of ether oxygens (including phenoxy) is 1. The summed E-state index contributed by atoms with van der Waals surface area (Å²) in [4.78, 5) is 24.5. The molecule has 0 saturated carbocycles. The second kappa shape index (κ2) is 5.90. The molecule has 0 spiro atoms. The van der Waals surface area contributed by atoms with Crippen molar-refractivity contribution in [2.24, 2.45) is 5.73 Å². The molecule has 0 fully saturated rings. The molecule has 2 amide bonds. The molecule has 1 aliphatic rings. The van der Waals surface area contributed by atoms with Crippen molar-refractivity contribution in [2.45, 2.75) is 13.0 Å². The van der Waals surface area contributed by atoms with Gasteiger partial charge in [0.05, 0.1) is 11.7 Å². The van der Waals surface area contributed by atoms with Gasteiger partial charge in [0, 0.05) is 12.7 Å². The SMILES string of the molecule is C[C@H](N)C(=O)Nc1ccc2c(c1)N(C)C(=O)CO2.Cl. The predicted octanol–water partition coefficient (Wildman–Crippen LogP) is 0.749. The minimum Gasteiger partial charge on any atom is -0.482 e. The monoisotopic (exact) mass is 285 g/mol. The van der Waals surface area contributed by atoms with E-state index in [9.17, 15) is 9.59 Å². The lowest BCUT2D eigenvalue weighted by Gasteiger charge is -2.26. The summed E-state index contributed by atoms with van der Waals surface area (Å²) in [6.45, 7) is 1.64. The number of fused-ring (bicyclic) bond motifs is 1. The first kappa shape index (κ1) is 15.3. The second-order valence-electron chi connectivity index (χ2n) is 4.20. The molecular formula is C12H16ClN3O3. The number of nitrogens with one attached hydrogen (secondary N) is 1. The van der Waals surface area contributed by atoms with Crippen LogP contribution < -0.4 is 20.7 Å². The van der Waals surface area contributed by atoms with E-state index in [1.54, 1.807) is 32.2 Å². The third-order valence-electron chi connectivity index (χ3n) is 2.73. The molecule has 0 aliphatic carbocycles. The summed E-state index contributed by atoms with van der Waals surface area (Å²) in [5.74, 6) is 0.217. The average molecular weight is 286 g/mol. The van der Waals surface area contributed by atoms with Gasteiger partial charge in [0.2, 0.25) is 5.91 Å². The van der Waals surface area contributed by atoms with Crippen LogP contribution in [-0.4, -0.2) is 31.5 Å². The second-order valence-corrected chi connectivity index (χ2v) is 4.20. The smallest absolute Gasteiger partial charge is 0.264 e. The van der Waals surface area contributed by atoms with E-state index in [2.05, 4.69) is 5.32 Å². The average Bonchev–Trinajstić information content (AvgIpc) is 2.34. The molecule has 1 heterocycles. The normalized spacial score (nSPS) is 14.9. The van der Waals surface area contributed by atoms with Crippen molar-refractivity contribution in [3.05, 3.63) is 18.2 Å². The Labute approximate surface area is 117 Å². The number of carbonyl (C=O) groups excluding carboxylic acids is 2. The molecular weight excluding hydrogens is 270 g/mol. The van der Waals surface area contributed by atoms with Crippen LogP contribution in [0.15, 0.2) is 18.2 Å². The highest BCUT2D eigenvalue weighted by molar-refractivity contribution is 5.99. The number of benzene rings is 1. The van der Waals surface area contributed by atoms with Crippen LogP contribution in [0.25, 0.3) is 0 Å². The number of hydrogen-bond donors (Lipinski definition) is 2. The summed E-state index contributed by atoms with van der Waals surface area (Å²) >= 11 is 0. The van der Waals surface area contributed by atoms with Gasteiger partial charge < -0.3 is 20.7 Å². The molecule has 0 radical (unpaired) electrons. The van der Waals surface area contributed by atoms with Gasteiger partial charge in [0.1, 0.15) is 5.75 Å². The number of likely N-dealkylation sites (N-methyl/N-ethyl adjacent to an activating group) is 1. The van der Waals surface area contributed by atoms with E-state index in [4.69, 9.17) is 10.5 Å². The number of carbonyl (C=O) groups is 2. The number of nitrogens with zero attached hydrogens (tertiary/aromatic N) is 1. The number of halogens is 1. The Morgan fingerprint density at radius 3 is 2.84 bits per heavy atom. The van der Waals surface area contributed by atoms with E-state index < -0.39 is 6.04 Å². The van der Waals surface area contributed by atoms with E-state index in [-0.39, 0.29) is 30.8 Å². The van der Waals surface area contributed by atoms with Crippen LogP contribution in [0, 0.1) is 0 Å². The maximum absolute atomic E-state index is 11.5. The number of rotatable bonds is 2. The Balaban J connectivity index is 0.00000180. The molecule has 1 aliphatic heterocycles. The molecule has 2 rings (SSSR count). The Kier molecular flexibility index (Phi) is 4.74. The first-order valence-corrected chi connectivity index (χ1v) is 5.59. The third kappa shape index (κ3) is 3.15. The van der Waals surface area contributed by atoms with Crippen LogP contribution in [0.4, 0.5) is 11.4 Å². The van der Waals surface area contributed by atoms with Crippen LogP contribution >= 0.6 is 12.4 Å². The Morgan fingerprint density at radius 1 is 1.53 bits per heavy atom. The molecule has 1 aromatic rings. The van der Waals surface area contributed by atoms with Crippen molar-refractivity contribution in [1.29, 1.82) is 0 Å². The lowest BCUT2D eigenvalue weighted by Crippen LogP contribution is -2.36.